The van der Waals surface area contributed by atoms with E-state index in [0.717, 1.165) is 42.4 Å². The van der Waals surface area contributed by atoms with Crippen molar-refractivity contribution in [2.75, 3.05) is 13.2 Å². The maximum atomic E-state index is 14.0. The molecule has 0 saturated heterocycles. The first kappa shape index (κ1) is 39.0. The van der Waals surface area contributed by atoms with Crippen molar-refractivity contribution in [3.63, 3.8) is 0 Å². The Morgan fingerprint density at radius 1 is 0.720 bits per heavy atom. The maximum Gasteiger partial charge on any atom is 0.144 e. The molecule has 2 N–H and O–H groups in total. The molecular weight excluding hydrogens is 642 g/mol. The van der Waals surface area contributed by atoms with Crippen LogP contribution in [0.5, 0.6) is 17.2 Å². The molecule has 50 heavy (non-hydrogen) atoms. The number of aromatic hydroxyl groups is 1. The van der Waals surface area contributed by atoms with Crippen LogP contribution in [0.25, 0.3) is 0 Å². The fraction of sp³-hybridized carbons (Fsp3) is 0.432. The number of hydrogen-bond donors (Lipinski definition) is 2. The van der Waals surface area contributed by atoms with Crippen LogP contribution in [-0.4, -0.2) is 35.7 Å². The molecule has 4 aromatic rings. The summed E-state index contributed by atoms with van der Waals surface area (Å²) in [6.45, 7) is 18.3. The van der Waals surface area contributed by atoms with Crippen molar-refractivity contribution in [1.29, 1.82) is 0 Å². The molecule has 4 aromatic carbocycles. The van der Waals surface area contributed by atoms with Gasteiger partial charge in [-0.3, -0.25) is 4.99 Å². The Labute approximate surface area is 305 Å². The van der Waals surface area contributed by atoms with Crippen molar-refractivity contribution >= 4 is 17.8 Å². The summed E-state index contributed by atoms with van der Waals surface area (Å²) in [5, 5.41) is 25.3. The number of unbranched alkanes of at least 4 members (excludes halogenated alkanes) is 2. The van der Waals surface area contributed by atoms with Gasteiger partial charge in [0.15, 0.2) is 0 Å². The van der Waals surface area contributed by atoms with Gasteiger partial charge in [-0.05, 0) is 89.2 Å². The lowest BCUT2D eigenvalue weighted by molar-refractivity contribution is 0.0460. The number of ether oxygens (including phenoxy) is 2. The van der Waals surface area contributed by atoms with Crippen LogP contribution in [0.2, 0.25) is 5.02 Å². The van der Waals surface area contributed by atoms with Crippen LogP contribution < -0.4 is 9.47 Å². The van der Waals surface area contributed by atoms with Crippen LogP contribution >= 0.6 is 11.6 Å². The van der Waals surface area contributed by atoms with E-state index in [9.17, 15) is 10.2 Å². The molecule has 0 saturated carbocycles. The summed E-state index contributed by atoms with van der Waals surface area (Å²) in [6.07, 6.45) is 5.72. The summed E-state index contributed by atoms with van der Waals surface area (Å²) in [7, 11) is 0. The third kappa shape index (κ3) is 9.70. The van der Waals surface area contributed by atoms with Crippen molar-refractivity contribution in [3.05, 3.63) is 123 Å². The fourth-order valence-corrected chi connectivity index (χ4v) is 6.12. The number of rotatable bonds is 15. The minimum atomic E-state index is -1.74. The highest BCUT2D eigenvalue weighted by molar-refractivity contribution is 6.30. The molecule has 0 fully saturated rings. The van der Waals surface area contributed by atoms with E-state index < -0.39 is 11.6 Å². The maximum absolute atomic E-state index is 14.0. The highest BCUT2D eigenvalue weighted by Gasteiger charge is 2.45. The van der Waals surface area contributed by atoms with Gasteiger partial charge in [-0.2, -0.15) is 0 Å². The summed E-state index contributed by atoms with van der Waals surface area (Å²) < 4.78 is 13.1. The molecule has 0 heterocycles. The zero-order valence-corrected chi connectivity index (χ0v) is 32.0. The van der Waals surface area contributed by atoms with E-state index in [4.69, 9.17) is 26.1 Å². The Morgan fingerprint density at radius 3 is 1.72 bits per heavy atom. The number of phenolic OH excluding ortho intramolecular Hbond substituents is 1. The Hall–Kier alpha value is -3.80. The number of phenols is 1. The molecule has 0 aliphatic rings. The quantitative estimate of drug-likeness (QED) is 0.0958. The van der Waals surface area contributed by atoms with Crippen molar-refractivity contribution in [1.82, 2.24) is 0 Å². The molecule has 268 valence electrons. The highest BCUT2D eigenvalue weighted by atomic mass is 35.5. The first-order chi connectivity index (χ1) is 23.7. The molecule has 1 unspecified atom stereocenters. The summed E-state index contributed by atoms with van der Waals surface area (Å²) in [4.78, 5) is 5.17. The van der Waals surface area contributed by atoms with E-state index in [-0.39, 0.29) is 16.6 Å². The van der Waals surface area contributed by atoms with Gasteiger partial charge in [0.2, 0.25) is 0 Å². The summed E-state index contributed by atoms with van der Waals surface area (Å²) >= 11 is 6.37. The molecule has 0 aliphatic carbocycles. The predicted octanol–water partition coefficient (Wildman–Crippen LogP) is 11.0. The van der Waals surface area contributed by atoms with E-state index in [1.165, 1.54) is 0 Å². The second-order valence-electron chi connectivity index (χ2n) is 15.3. The van der Waals surface area contributed by atoms with Gasteiger partial charge in [-0.1, -0.05) is 122 Å². The Bertz CT molecular complexity index is 1650. The molecule has 0 bridgehead atoms. The van der Waals surface area contributed by atoms with Crippen LogP contribution in [0.1, 0.15) is 114 Å². The summed E-state index contributed by atoms with van der Waals surface area (Å²) in [6, 6.07) is 26.5. The van der Waals surface area contributed by atoms with E-state index in [0.29, 0.717) is 52.8 Å². The molecule has 0 spiro atoms. The van der Waals surface area contributed by atoms with Gasteiger partial charge < -0.3 is 19.7 Å². The van der Waals surface area contributed by atoms with Gasteiger partial charge in [0.25, 0.3) is 0 Å². The first-order valence-electron chi connectivity index (χ1n) is 18.0. The second-order valence-corrected chi connectivity index (χ2v) is 15.7. The molecule has 0 radical (unpaired) electrons. The largest absolute Gasteiger partial charge is 0.507 e. The molecule has 5 nitrogen and oxygen atoms in total. The molecule has 0 amide bonds. The smallest absolute Gasteiger partial charge is 0.144 e. The van der Waals surface area contributed by atoms with Crippen molar-refractivity contribution < 1.29 is 19.7 Å². The Morgan fingerprint density at radius 2 is 1.24 bits per heavy atom. The number of aliphatic imine (C=N–C) groups is 1. The highest BCUT2D eigenvalue weighted by Crippen LogP contribution is 2.47. The van der Waals surface area contributed by atoms with E-state index in [1.807, 2.05) is 42.5 Å². The third-order valence-corrected chi connectivity index (χ3v) is 9.40. The van der Waals surface area contributed by atoms with Crippen LogP contribution in [0.4, 0.5) is 0 Å². The average Bonchev–Trinajstić information content (AvgIpc) is 3.07. The van der Waals surface area contributed by atoms with Crippen LogP contribution in [0.3, 0.4) is 0 Å². The molecule has 4 rings (SSSR count). The normalized spacial score (nSPS) is 13.1. The van der Waals surface area contributed by atoms with Crippen LogP contribution in [0.15, 0.2) is 89.9 Å². The molecule has 6 heteroatoms. The zero-order chi connectivity index (χ0) is 36.5. The van der Waals surface area contributed by atoms with Crippen molar-refractivity contribution in [2.24, 2.45) is 4.99 Å². The van der Waals surface area contributed by atoms with Gasteiger partial charge in [0.05, 0.1) is 19.3 Å². The van der Waals surface area contributed by atoms with Crippen molar-refractivity contribution in [2.45, 2.75) is 110 Å². The second kappa shape index (κ2) is 16.9. The number of hydrogen-bond acceptors (Lipinski definition) is 5. The SMILES string of the molecule is CCCCOc1ccc(C(C)(C)C)cc1C(O)(c1cc(C(C)(C)C)ccc1OCCCC)C(Cc1ccccc1)N=Cc1cc(Cl)ccc1O. The Balaban J connectivity index is 2.14. The lowest BCUT2D eigenvalue weighted by Crippen LogP contribution is -2.42. The predicted molar refractivity (Wildman–Crippen MR) is 209 cm³/mol. The minimum Gasteiger partial charge on any atom is -0.507 e. The molecule has 1 atom stereocenters. The number of benzene rings is 4. The van der Waals surface area contributed by atoms with Gasteiger partial charge in [0.1, 0.15) is 22.8 Å². The van der Waals surface area contributed by atoms with E-state index in [2.05, 4.69) is 79.7 Å². The van der Waals surface area contributed by atoms with Crippen molar-refractivity contribution in [3.8, 4) is 17.2 Å². The summed E-state index contributed by atoms with van der Waals surface area (Å²) in [5.41, 5.74) is 2.67. The topological polar surface area (TPSA) is 71.3 Å². The standard InChI is InChI=1S/C44H56ClNO4/c1-9-11-24-49-39-22-18-33(42(3,4)5)28-36(39)44(48,37-29-34(43(6,7)8)19-23-40(37)50-25-12-10-2)41(26-31-16-14-13-15-17-31)46-30-32-27-35(45)20-21-38(32)47/h13-23,27-30,41,47-48H,9-12,24-26H2,1-8H3. The Kier molecular flexibility index (Phi) is 13.2. The lowest BCUT2D eigenvalue weighted by atomic mass is 9.73. The average molecular weight is 698 g/mol. The summed E-state index contributed by atoms with van der Waals surface area (Å²) in [5.74, 6) is 1.26. The minimum absolute atomic E-state index is 0.0526. The van der Waals surface area contributed by atoms with Crippen LogP contribution in [-0.2, 0) is 22.9 Å². The van der Waals surface area contributed by atoms with E-state index in [1.54, 1.807) is 24.4 Å². The molecular formula is C44H56ClNO4. The van der Waals surface area contributed by atoms with Gasteiger partial charge in [-0.25, -0.2) is 0 Å². The van der Waals surface area contributed by atoms with Crippen LogP contribution in [0, 0.1) is 0 Å². The monoisotopic (exact) mass is 697 g/mol. The fourth-order valence-electron chi connectivity index (χ4n) is 5.94. The van der Waals surface area contributed by atoms with Gasteiger partial charge >= 0.3 is 0 Å². The van der Waals surface area contributed by atoms with E-state index >= 15 is 0 Å². The van der Waals surface area contributed by atoms with Gasteiger partial charge in [0, 0.05) is 27.9 Å². The van der Waals surface area contributed by atoms with Gasteiger partial charge in [-0.15, -0.1) is 0 Å². The zero-order valence-electron chi connectivity index (χ0n) is 31.2. The molecule has 0 aliphatic heterocycles. The third-order valence-electron chi connectivity index (χ3n) is 9.16. The molecule has 0 aromatic heterocycles. The number of aliphatic hydroxyl groups is 1. The number of halogens is 1. The first-order valence-corrected chi connectivity index (χ1v) is 18.4. The lowest BCUT2D eigenvalue weighted by Gasteiger charge is -2.39. The number of nitrogens with zero attached hydrogens (tertiary/aromatic N) is 1.